The minimum Gasteiger partial charge on any atom is -0.469 e. The lowest BCUT2D eigenvalue weighted by atomic mass is 9.95. The molecule has 3 atom stereocenters. The lowest BCUT2D eigenvalue weighted by Crippen LogP contribution is -2.39. The van der Waals surface area contributed by atoms with Crippen molar-refractivity contribution in [1.82, 2.24) is 4.90 Å². The first kappa shape index (κ1) is 18.8. The smallest absolute Gasteiger partial charge is 0.183 e. The molecule has 1 aromatic carbocycles. The first-order chi connectivity index (χ1) is 12.9. The second-order valence-corrected chi connectivity index (χ2v) is 11.3. The topological polar surface area (TPSA) is 50.5 Å². The van der Waals surface area contributed by atoms with Crippen LogP contribution in [0.1, 0.15) is 51.2 Å². The van der Waals surface area contributed by atoms with Crippen molar-refractivity contribution in [3.8, 4) is 0 Å². The molecule has 5 heteroatoms. The molecule has 2 bridgehead atoms. The van der Waals surface area contributed by atoms with Crippen LogP contribution in [-0.4, -0.2) is 37.2 Å². The van der Waals surface area contributed by atoms with Crippen molar-refractivity contribution in [2.75, 3.05) is 13.1 Å². The predicted molar refractivity (Wildman–Crippen MR) is 106 cm³/mol. The number of furan rings is 1. The summed E-state index contributed by atoms with van der Waals surface area (Å²) in [4.78, 5) is 2.99. The van der Waals surface area contributed by atoms with E-state index < -0.39 is 14.6 Å². The highest BCUT2D eigenvalue weighted by Crippen LogP contribution is 2.47. The van der Waals surface area contributed by atoms with Gasteiger partial charge in [0.1, 0.15) is 5.76 Å². The summed E-state index contributed by atoms with van der Waals surface area (Å²) >= 11 is 0. The molecule has 0 spiro atoms. The number of likely N-dealkylation sites (tertiary alicyclic amines) is 1. The minimum atomic E-state index is -3.32. The number of piperidine rings is 1. The summed E-state index contributed by atoms with van der Waals surface area (Å²) in [5, 5.41) is 0. The van der Waals surface area contributed by atoms with E-state index in [2.05, 4.69) is 11.0 Å². The van der Waals surface area contributed by atoms with Crippen LogP contribution in [0.15, 0.2) is 58.0 Å². The summed E-state index contributed by atoms with van der Waals surface area (Å²) < 4.78 is 30.9. The van der Waals surface area contributed by atoms with Gasteiger partial charge in [-0.2, -0.15) is 0 Å². The molecular formula is C22H29NO3S. The Balaban J connectivity index is 1.37. The molecular weight excluding hydrogens is 358 g/mol. The molecule has 1 aliphatic carbocycles. The van der Waals surface area contributed by atoms with Gasteiger partial charge in [-0.05, 0) is 76.3 Å². The van der Waals surface area contributed by atoms with Crippen LogP contribution in [0.2, 0.25) is 0 Å². The van der Waals surface area contributed by atoms with E-state index in [0.717, 1.165) is 31.2 Å². The van der Waals surface area contributed by atoms with Crippen LogP contribution in [0.4, 0.5) is 0 Å². The maximum atomic E-state index is 13.0. The minimum absolute atomic E-state index is 0.424. The van der Waals surface area contributed by atoms with Crippen LogP contribution >= 0.6 is 0 Å². The molecule has 2 heterocycles. The highest BCUT2D eigenvalue weighted by atomic mass is 32.2. The number of sulfone groups is 1. The van der Waals surface area contributed by atoms with Crippen LogP contribution < -0.4 is 0 Å². The number of rotatable bonds is 7. The van der Waals surface area contributed by atoms with E-state index >= 15 is 0 Å². The lowest BCUT2D eigenvalue weighted by molar-refractivity contribution is 0.176. The summed E-state index contributed by atoms with van der Waals surface area (Å²) in [5.74, 6) is 2.37. The maximum Gasteiger partial charge on any atom is 0.183 e. The Morgan fingerprint density at radius 3 is 2.56 bits per heavy atom. The number of hydrogen-bond donors (Lipinski definition) is 0. The summed E-state index contributed by atoms with van der Waals surface area (Å²) in [7, 11) is -3.32. The van der Waals surface area contributed by atoms with Crippen molar-refractivity contribution in [3.05, 3.63) is 54.5 Å². The third-order valence-corrected chi connectivity index (χ3v) is 9.05. The Labute approximate surface area is 162 Å². The van der Waals surface area contributed by atoms with Gasteiger partial charge in [0.05, 0.1) is 15.9 Å². The fourth-order valence-electron chi connectivity index (χ4n) is 4.96. The third-order valence-electron chi connectivity index (χ3n) is 6.50. The fourth-order valence-corrected chi connectivity index (χ4v) is 6.53. The van der Waals surface area contributed by atoms with Crippen LogP contribution in [0.3, 0.4) is 0 Å². The Morgan fingerprint density at radius 2 is 1.89 bits per heavy atom. The molecule has 2 aliphatic rings. The molecule has 3 unspecified atom stereocenters. The van der Waals surface area contributed by atoms with Gasteiger partial charge in [-0.15, -0.1) is 0 Å². The van der Waals surface area contributed by atoms with Crippen LogP contribution in [-0.2, 0) is 9.84 Å². The van der Waals surface area contributed by atoms with Gasteiger partial charge in [0, 0.05) is 18.5 Å². The average molecular weight is 388 g/mol. The normalized spacial score (nSPS) is 25.9. The van der Waals surface area contributed by atoms with Crippen molar-refractivity contribution < 1.29 is 12.8 Å². The van der Waals surface area contributed by atoms with Crippen LogP contribution in [0.25, 0.3) is 0 Å². The van der Waals surface area contributed by atoms with Crippen molar-refractivity contribution in [3.63, 3.8) is 0 Å². The van der Waals surface area contributed by atoms with Crippen LogP contribution in [0, 0.1) is 5.92 Å². The Hall–Kier alpha value is -1.59. The predicted octanol–water partition coefficient (Wildman–Crippen LogP) is 4.49. The second-order valence-electron chi connectivity index (χ2n) is 8.70. The molecule has 1 saturated carbocycles. The quantitative estimate of drug-likeness (QED) is 0.702. The summed E-state index contributed by atoms with van der Waals surface area (Å²) in [6, 6.07) is 13.5. The van der Waals surface area contributed by atoms with Crippen molar-refractivity contribution in [2.45, 2.75) is 61.1 Å². The number of fused-ring (bicyclic) bond motifs is 2. The maximum absolute atomic E-state index is 13.0. The number of hydrogen-bond acceptors (Lipinski definition) is 4. The van der Waals surface area contributed by atoms with Gasteiger partial charge >= 0.3 is 0 Å². The molecule has 2 fully saturated rings. The molecule has 4 nitrogen and oxygen atoms in total. The summed E-state index contributed by atoms with van der Waals surface area (Å²) in [5.41, 5.74) is 0. The Morgan fingerprint density at radius 1 is 1.11 bits per heavy atom. The second kappa shape index (κ2) is 7.10. The van der Waals surface area contributed by atoms with Gasteiger partial charge in [-0.3, -0.25) is 4.90 Å². The van der Waals surface area contributed by atoms with E-state index in [9.17, 15) is 8.42 Å². The molecule has 0 N–H and O–H groups in total. The molecule has 27 heavy (non-hydrogen) atoms. The summed E-state index contributed by atoms with van der Waals surface area (Å²) in [6.45, 7) is 5.83. The standard InChI is InChI=1S/C22H29NO3S/c1-22(2,27(24,25)18-8-4-3-5-9-18)11-7-12-23-16-17-14-19(20(23)15-17)21-10-6-13-26-21/h3-6,8-10,13,17,19-20H,7,11-12,14-16H2,1-2H3. The molecule has 0 amide bonds. The van der Waals surface area contributed by atoms with Gasteiger partial charge in [0.15, 0.2) is 9.84 Å². The van der Waals surface area contributed by atoms with Crippen LogP contribution in [0.5, 0.6) is 0 Å². The largest absolute Gasteiger partial charge is 0.469 e. The van der Waals surface area contributed by atoms with Crippen molar-refractivity contribution in [1.29, 1.82) is 0 Å². The Bertz CT molecular complexity index is 858. The van der Waals surface area contributed by atoms with Gasteiger partial charge in [-0.25, -0.2) is 8.42 Å². The van der Waals surface area contributed by atoms with E-state index in [1.807, 2.05) is 26.0 Å². The van der Waals surface area contributed by atoms with Gasteiger partial charge in [0.25, 0.3) is 0 Å². The number of nitrogens with zero attached hydrogens (tertiary/aromatic N) is 1. The van der Waals surface area contributed by atoms with Gasteiger partial charge in [0.2, 0.25) is 0 Å². The first-order valence-corrected chi connectivity index (χ1v) is 11.4. The zero-order chi connectivity index (χ0) is 19.1. The van der Waals surface area contributed by atoms with E-state index in [-0.39, 0.29) is 0 Å². The van der Waals surface area contributed by atoms with E-state index in [0.29, 0.717) is 23.3 Å². The molecule has 4 rings (SSSR count). The highest BCUT2D eigenvalue weighted by Gasteiger charge is 2.46. The SMILES string of the molecule is CC(C)(CCCN1CC2CC(c3ccco3)C1C2)S(=O)(=O)c1ccccc1. The fraction of sp³-hybridized carbons (Fsp3) is 0.545. The summed E-state index contributed by atoms with van der Waals surface area (Å²) in [6.07, 6.45) is 5.80. The first-order valence-electron chi connectivity index (χ1n) is 9.95. The zero-order valence-electron chi connectivity index (χ0n) is 16.2. The Kier molecular flexibility index (Phi) is 4.93. The van der Waals surface area contributed by atoms with E-state index in [4.69, 9.17) is 4.42 Å². The molecule has 1 saturated heterocycles. The van der Waals surface area contributed by atoms with E-state index in [1.54, 1.807) is 30.5 Å². The average Bonchev–Trinajstić information content (AvgIpc) is 3.38. The third kappa shape index (κ3) is 3.47. The van der Waals surface area contributed by atoms with Gasteiger partial charge in [-0.1, -0.05) is 18.2 Å². The molecule has 1 aromatic heterocycles. The van der Waals surface area contributed by atoms with E-state index in [1.165, 1.54) is 12.8 Å². The van der Waals surface area contributed by atoms with Crippen molar-refractivity contribution >= 4 is 9.84 Å². The molecule has 1 aliphatic heterocycles. The molecule has 0 radical (unpaired) electrons. The van der Waals surface area contributed by atoms with Gasteiger partial charge < -0.3 is 4.42 Å². The van der Waals surface area contributed by atoms with Crippen molar-refractivity contribution in [2.24, 2.45) is 5.92 Å². The highest BCUT2D eigenvalue weighted by molar-refractivity contribution is 7.92. The molecule has 2 aromatic rings. The zero-order valence-corrected chi connectivity index (χ0v) is 17.0. The lowest BCUT2D eigenvalue weighted by Gasteiger charge is -2.33. The monoisotopic (exact) mass is 387 g/mol. The number of benzene rings is 1. The molecule has 146 valence electrons.